The minimum Gasteiger partial charge on any atom is -0.396 e. The summed E-state index contributed by atoms with van der Waals surface area (Å²) in [6.45, 7) is 0.877. The Bertz CT molecular complexity index is 328. The molecule has 0 radical (unpaired) electrons. The van der Waals surface area contributed by atoms with Crippen molar-refractivity contribution in [3.8, 4) is 0 Å². The second kappa shape index (κ2) is 6.17. The van der Waals surface area contributed by atoms with Crippen LogP contribution >= 0.6 is 0 Å². The van der Waals surface area contributed by atoms with E-state index in [1.165, 1.54) is 0 Å². The molecule has 1 aliphatic heterocycles. The quantitative estimate of drug-likeness (QED) is 0.504. The second-order valence-electron chi connectivity index (χ2n) is 3.90. The maximum Gasteiger partial charge on any atom is 0.221 e. The first-order valence-electron chi connectivity index (χ1n) is 5.35. The van der Waals surface area contributed by atoms with E-state index in [9.17, 15) is 13.2 Å². The van der Waals surface area contributed by atoms with Gasteiger partial charge in [0, 0.05) is 32.2 Å². The Hall–Kier alpha value is -0.660. The molecule has 16 heavy (non-hydrogen) atoms. The van der Waals surface area contributed by atoms with Crippen molar-refractivity contribution in [1.82, 2.24) is 10.6 Å². The Morgan fingerprint density at radius 1 is 1.50 bits per heavy atom. The van der Waals surface area contributed by atoms with E-state index in [1.807, 2.05) is 0 Å². The summed E-state index contributed by atoms with van der Waals surface area (Å²) in [5, 5.41) is 14.2. The van der Waals surface area contributed by atoms with Gasteiger partial charge in [-0.3, -0.25) is 4.79 Å². The highest BCUT2D eigenvalue weighted by atomic mass is 32.2. The highest BCUT2D eigenvalue weighted by Crippen LogP contribution is 2.04. The summed E-state index contributed by atoms with van der Waals surface area (Å²) >= 11 is 0. The third-order valence-electron chi connectivity index (χ3n) is 2.39. The van der Waals surface area contributed by atoms with E-state index in [4.69, 9.17) is 5.11 Å². The molecule has 1 saturated heterocycles. The Kier molecular flexibility index (Phi) is 5.17. The van der Waals surface area contributed by atoms with Gasteiger partial charge in [0.25, 0.3) is 0 Å². The first-order valence-corrected chi connectivity index (χ1v) is 7.17. The predicted molar refractivity (Wildman–Crippen MR) is 59.8 cm³/mol. The molecular formula is C9H18N2O4S. The molecule has 6 nitrogen and oxygen atoms in total. The Balaban J connectivity index is 2.28. The number of hydrogen-bond donors (Lipinski definition) is 3. The number of carbonyl (C=O) groups excluding carboxylic acids is 1. The first-order chi connectivity index (χ1) is 7.53. The summed E-state index contributed by atoms with van der Waals surface area (Å²) in [6.07, 6.45) is 0.687. The van der Waals surface area contributed by atoms with Gasteiger partial charge in [-0.15, -0.1) is 0 Å². The average Bonchev–Trinajstić information content (AvgIpc) is 2.16. The zero-order chi connectivity index (χ0) is 12.0. The molecule has 1 rings (SSSR count). The van der Waals surface area contributed by atoms with Gasteiger partial charge < -0.3 is 15.7 Å². The zero-order valence-electron chi connectivity index (χ0n) is 9.11. The fourth-order valence-corrected chi connectivity index (χ4v) is 3.05. The van der Waals surface area contributed by atoms with Crippen molar-refractivity contribution < 1.29 is 18.3 Å². The van der Waals surface area contributed by atoms with Gasteiger partial charge in [-0.2, -0.15) is 0 Å². The topological polar surface area (TPSA) is 95.5 Å². The van der Waals surface area contributed by atoms with Crippen LogP contribution in [0.15, 0.2) is 0 Å². The zero-order valence-corrected chi connectivity index (χ0v) is 9.92. The van der Waals surface area contributed by atoms with Crippen molar-refractivity contribution in [2.24, 2.45) is 0 Å². The third-order valence-corrected chi connectivity index (χ3v) is 4.13. The lowest BCUT2D eigenvalue weighted by Gasteiger charge is -2.23. The van der Waals surface area contributed by atoms with E-state index >= 15 is 0 Å². The number of aliphatic hydroxyl groups is 1. The van der Waals surface area contributed by atoms with E-state index in [1.54, 1.807) is 0 Å². The van der Waals surface area contributed by atoms with Gasteiger partial charge in [-0.05, 0) is 6.42 Å². The van der Waals surface area contributed by atoms with Crippen LogP contribution in [0.3, 0.4) is 0 Å². The van der Waals surface area contributed by atoms with E-state index < -0.39 is 9.84 Å². The smallest absolute Gasteiger partial charge is 0.221 e. The molecule has 1 amide bonds. The molecule has 1 aliphatic rings. The minimum absolute atomic E-state index is 0.0282. The largest absolute Gasteiger partial charge is 0.396 e. The molecule has 1 unspecified atom stereocenters. The van der Waals surface area contributed by atoms with Gasteiger partial charge in [-0.25, -0.2) is 8.42 Å². The normalized spacial score (nSPS) is 23.9. The van der Waals surface area contributed by atoms with Gasteiger partial charge in [-0.1, -0.05) is 0 Å². The standard InChI is InChI=1S/C9H18N2O4S/c12-4-1-2-11-9(13)6-8-7-16(14,15)5-3-10-8/h8,10,12H,1-7H2,(H,11,13). The molecule has 0 spiro atoms. The van der Waals surface area contributed by atoms with Crippen LogP contribution in [0.4, 0.5) is 0 Å². The van der Waals surface area contributed by atoms with Crippen molar-refractivity contribution in [2.45, 2.75) is 18.9 Å². The summed E-state index contributed by atoms with van der Waals surface area (Å²) < 4.78 is 22.6. The molecule has 1 atom stereocenters. The molecule has 1 heterocycles. The lowest BCUT2D eigenvalue weighted by Crippen LogP contribution is -2.47. The average molecular weight is 250 g/mol. The molecular weight excluding hydrogens is 232 g/mol. The Labute approximate surface area is 95.3 Å². The number of amides is 1. The molecule has 0 aliphatic carbocycles. The molecule has 7 heteroatoms. The number of rotatable bonds is 5. The van der Waals surface area contributed by atoms with Crippen molar-refractivity contribution in [3.63, 3.8) is 0 Å². The Morgan fingerprint density at radius 3 is 2.88 bits per heavy atom. The lowest BCUT2D eigenvalue weighted by molar-refractivity contribution is -0.121. The Morgan fingerprint density at radius 2 is 2.25 bits per heavy atom. The summed E-state index contributed by atoms with van der Waals surface area (Å²) in [7, 11) is -2.99. The second-order valence-corrected chi connectivity index (χ2v) is 6.13. The fourth-order valence-electron chi connectivity index (χ4n) is 1.60. The van der Waals surface area contributed by atoms with Crippen LogP contribution in [-0.2, 0) is 14.6 Å². The number of carbonyl (C=O) groups is 1. The maximum absolute atomic E-state index is 11.4. The number of nitrogens with one attached hydrogen (secondary N) is 2. The van der Waals surface area contributed by atoms with Crippen LogP contribution in [0.25, 0.3) is 0 Å². The van der Waals surface area contributed by atoms with Crippen LogP contribution in [0.2, 0.25) is 0 Å². The summed E-state index contributed by atoms with van der Waals surface area (Å²) in [5.74, 6) is -0.00109. The molecule has 0 aromatic rings. The van der Waals surface area contributed by atoms with E-state index in [-0.39, 0.29) is 36.5 Å². The van der Waals surface area contributed by atoms with Crippen LogP contribution < -0.4 is 10.6 Å². The van der Waals surface area contributed by atoms with Crippen molar-refractivity contribution in [1.29, 1.82) is 0 Å². The van der Waals surface area contributed by atoms with Crippen LogP contribution in [0, 0.1) is 0 Å². The van der Waals surface area contributed by atoms with Crippen LogP contribution in [0.1, 0.15) is 12.8 Å². The number of hydrogen-bond acceptors (Lipinski definition) is 5. The van der Waals surface area contributed by atoms with Crippen LogP contribution in [0.5, 0.6) is 0 Å². The van der Waals surface area contributed by atoms with Gasteiger partial charge in [0.05, 0.1) is 11.5 Å². The molecule has 0 saturated carbocycles. The lowest BCUT2D eigenvalue weighted by atomic mass is 10.2. The van der Waals surface area contributed by atoms with Gasteiger partial charge in [0.1, 0.15) is 0 Å². The minimum atomic E-state index is -2.99. The van der Waals surface area contributed by atoms with Gasteiger partial charge >= 0.3 is 0 Å². The first kappa shape index (κ1) is 13.4. The number of aliphatic hydroxyl groups excluding tert-OH is 1. The van der Waals surface area contributed by atoms with Gasteiger partial charge in [0.15, 0.2) is 9.84 Å². The highest BCUT2D eigenvalue weighted by Gasteiger charge is 2.25. The summed E-state index contributed by atoms with van der Waals surface area (Å²) in [5.41, 5.74) is 0. The SMILES string of the molecule is O=C(CC1CS(=O)(=O)CCN1)NCCCO. The molecule has 1 fully saturated rings. The van der Waals surface area contributed by atoms with Crippen molar-refractivity contribution in [2.75, 3.05) is 31.2 Å². The van der Waals surface area contributed by atoms with Crippen LogP contribution in [-0.4, -0.2) is 56.7 Å². The molecule has 94 valence electrons. The van der Waals surface area contributed by atoms with Crippen molar-refractivity contribution in [3.05, 3.63) is 0 Å². The molecule has 0 bridgehead atoms. The fraction of sp³-hybridized carbons (Fsp3) is 0.889. The molecule has 3 N–H and O–H groups in total. The van der Waals surface area contributed by atoms with E-state index in [0.29, 0.717) is 19.5 Å². The highest BCUT2D eigenvalue weighted by molar-refractivity contribution is 7.91. The maximum atomic E-state index is 11.4. The predicted octanol–water partition coefficient (Wildman–Crippen LogP) is -1.74. The third kappa shape index (κ3) is 4.91. The van der Waals surface area contributed by atoms with Gasteiger partial charge in [0.2, 0.25) is 5.91 Å². The van der Waals surface area contributed by atoms with E-state index in [0.717, 1.165) is 0 Å². The molecule has 0 aromatic carbocycles. The molecule has 0 aromatic heterocycles. The van der Waals surface area contributed by atoms with E-state index in [2.05, 4.69) is 10.6 Å². The van der Waals surface area contributed by atoms with Crippen molar-refractivity contribution >= 4 is 15.7 Å². The monoisotopic (exact) mass is 250 g/mol. The summed E-state index contributed by atoms with van der Waals surface area (Å²) in [4.78, 5) is 11.4. The number of sulfone groups is 1. The summed E-state index contributed by atoms with van der Waals surface area (Å²) in [6, 6.07) is -0.284.